The molecule has 10 nitrogen and oxygen atoms in total. The maximum Gasteiger partial charge on any atom is 0.287 e. The Morgan fingerprint density at radius 3 is 2.54 bits per heavy atom. The molecule has 0 aromatic heterocycles. The SMILES string of the molecule is COc1ccc(CN2C(=O)[C@@H](C(=O)N(O)OCc3ccccc3)[C@H]2[C@@H]2COC(C)(C)O2)c(OC)c1. The second kappa shape index (κ2) is 10.2. The molecule has 2 aliphatic heterocycles. The van der Waals surface area contributed by atoms with Crippen molar-refractivity contribution in [3.63, 3.8) is 0 Å². The highest BCUT2D eigenvalue weighted by Crippen LogP contribution is 2.39. The molecule has 2 saturated heterocycles. The zero-order valence-corrected chi connectivity index (χ0v) is 20.2. The van der Waals surface area contributed by atoms with Gasteiger partial charge in [-0.3, -0.25) is 14.8 Å². The number of rotatable bonds is 9. The van der Waals surface area contributed by atoms with E-state index in [0.717, 1.165) is 11.1 Å². The van der Waals surface area contributed by atoms with Gasteiger partial charge in [-0.1, -0.05) is 35.6 Å². The Balaban J connectivity index is 1.52. The van der Waals surface area contributed by atoms with Crippen molar-refractivity contribution in [2.45, 2.75) is 44.9 Å². The van der Waals surface area contributed by atoms with Crippen molar-refractivity contribution < 1.29 is 38.6 Å². The number of benzene rings is 2. The summed E-state index contributed by atoms with van der Waals surface area (Å²) in [6.07, 6.45) is -0.566. The summed E-state index contributed by atoms with van der Waals surface area (Å²) in [7, 11) is 3.09. The van der Waals surface area contributed by atoms with E-state index in [9.17, 15) is 14.8 Å². The summed E-state index contributed by atoms with van der Waals surface area (Å²) < 4.78 is 22.4. The molecule has 188 valence electrons. The maximum absolute atomic E-state index is 13.2. The topological polar surface area (TPSA) is 107 Å². The minimum atomic E-state index is -1.18. The Bertz CT molecular complexity index is 1060. The second-order valence-corrected chi connectivity index (χ2v) is 8.85. The normalized spacial score (nSPS) is 23.1. The number of nitrogens with zero attached hydrogens (tertiary/aromatic N) is 2. The van der Waals surface area contributed by atoms with Gasteiger partial charge in [-0.15, -0.1) is 0 Å². The van der Waals surface area contributed by atoms with Crippen LogP contribution in [-0.2, 0) is 37.1 Å². The number of hydrogen-bond donors (Lipinski definition) is 1. The van der Waals surface area contributed by atoms with Gasteiger partial charge in [0.15, 0.2) is 5.79 Å². The van der Waals surface area contributed by atoms with E-state index in [1.165, 1.54) is 12.0 Å². The van der Waals surface area contributed by atoms with Gasteiger partial charge >= 0.3 is 0 Å². The quantitative estimate of drug-likeness (QED) is 0.249. The van der Waals surface area contributed by atoms with Gasteiger partial charge in [0.05, 0.1) is 26.9 Å². The number of carbonyl (C=O) groups is 2. The molecule has 4 rings (SSSR count). The molecule has 35 heavy (non-hydrogen) atoms. The van der Waals surface area contributed by atoms with Crippen LogP contribution in [0.15, 0.2) is 48.5 Å². The van der Waals surface area contributed by atoms with Gasteiger partial charge in [0.25, 0.3) is 5.91 Å². The van der Waals surface area contributed by atoms with Gasteiger partial charge in [-0.25, -0.2) is 4.84 Å². The third-order valence-electron chi connectivity index (χ3n) is 6.15. The van der Waals surface area contributed by atoms with Crippen LogP contribution in [0.3, 0.4) is 0 Å². The Hall–Kier alpha value is -3.18. The lowest BCUT2D eigenvalue weighted by Gasteiger charge is -2.48. The minimum Gasteiger partial charge on any atom is -0.497 e. The third kappa shape index (κ3) is 5.25. The third-order valence-corrected chi connectivity index (χ3v) is 6.15. The Morgan fingerprint density at radius 1 is 1.17 bits per heavy atom. The fraction of sp³-hybridized carbons (Fsp3) is 0.440. The van der Waals surface area contributed by atoms with E-state index in [1.54, 1.807) is 51.3 Å². The molecular weight excluding hydrogens is 456 g/mol. The van der Waals surface area contributed by atoms with E-state index >= 15 is 0 Å². The van der Waals surface area contributed by atoms with E-state index in [2.05, 4.69) is 0 Å². The lowest BCUT2D eigenvalue weighted by molar-refractivity contribution is -0.326. The Morgan fingerprint density at radius 2 is 1.91 bits per heavy atom. The van der Waals surface area contributed by atoms with Crippen molar-refractivity contribution in [3.05, 3.63) is 59.7 Å². The standard InChI is InChI=1S/C25H30N2O8/c1-25(2)33-15-20(35-25)22-21(24(29)27(30)34-14-16-8-6-5-7-9-16)23(28)26(22)13-17-10-11-18(31-3)12-19(17)32-4/h5-12,20-22,30H,13-15H2,1-4H3/t20-,21-,22+/m0/s1. The van der Waals surface area contributed by atoms with Crippen LogP contribution in [0.4, 0.5) is 0 Å². The zero-order valence-electron chi connectivity index (χ0n) is 20.2. The fourth-order valence-electron chi connectivity index (χ4n) is 4.36. The van der Waals surface area contributed by atoms with Crippen LogP contribution < -0.4 is 9.47 Å². The molecule has 0 saturated carbocycles. The van der Waals surface area contributed by atoms with Crippen LogP contribution in [0, 0.1) is 5.92 Å². The molecule has 10 heteroatoms. The first-order valence-electron chi connectivity index (χ1n) is 11.3. The summed E-state index contributed by atoms with van der Waals surface area (Å²) in [5.41, 5.74) is 1.50. The summed E-state index contributed by atoms with van der Waals surface area (Å²) in [5, 5.41) is 10.4. The molecule has 0 bridgehead atoms. The lowest BCUT2D eigenvalue weighted by atomic mass is 9.82. The number of hydrogen-bond acceptors (Lipinski definition) is 8. The molecule has 0 aliphatic carbocycles. The van der Waals surface area contributed by atoms with Crippen LogP contribution in [0.25, 0.3) is 0 Å². The van der Waals surface area contributed by atoms with Gasteiger partial charge in [-0.05, 0) is 31.5 Å². The van der Waals surface area contributed by atoms with E-state index < -0.39 is 35.7 Å². The monoisotopic (exact) mass is 486 g/mol. The minimum absolute atomic E-state index is 0.0303. The summed E-state index contributed by atoms with van der Waals surface area (Å²) in [4.78, 5) is 33.0. The number of β-lactam (4-membered cyclic amide) rings is 1. The number of carbonyl (C=O) groups excluding carboxylic acids is 2. The largest absolute Gasteiger partial charge is 0.497 e. The van der Waals surface area contributed by atoms with E-state index in [-0.39, 0.29) is 25.0 Å². The van der Waals surface area contributed by atoms with E-state index in [0.29, 0.717) is 11.5 Å². The van der Waals surface area contributed by atoms with Crippen molar-refractivity contribution in [1.82, 2.24) is 10.1 Å². The van der Waals surface area contributed by atoms with Crippen molar-refractivity contribution in [1.29, 1.82) is 0 Å². The number of hydroxylamine groups is 2. The smallest absolute Gasteiger partial charge is 0.287 e. The van der Waals surface area contributed by atoms with Gasteiger partial charge in [-0.2, -0.15) is 0 Å². The molecule has 2 aromatic carbocycles. The molecule has 2 aliphatic rings. The Kier molecular flexibility index (Phi) is 7.27. The first-order valence-corrected chi connectivity index (χ1v) is 11.3. The van der Waals surface area contributed by atoms with Gasteiger partial charge in [0, 0.05) is 18.2 Å². The first-order chi connectivity index (χ1) is 16.7. The molecule has 1 N–H and O–H groups in total. The fourth-order valence-corrected chi connectivity index (χ4v) is 4.36. The summed E-state index contributed by atoms with van der Waals surface area (Å²) >= 11 is 0. The van der Waals surface area contributed by atoms with Crippen LogP contribution in [-0.4, -0.2) is 65.9 Å². The molecule has 2 amide bonds. The first kappa shape index (κ1) is 24.9. The molecule has 2 heterocycles. The highest BCUT2D eigenvalue weighted by atomic mass is 16.9. The number of likely N-dealkylation sites (tertiary alicyclic amines) is 1. The van der Waals surface area contributed by atoms with Crippen molar-refractivity contribution >= 4 is 11.8 Å². The molecule has 2 fully saturated rings. The van der Waals surface area contributed by atoms with Crippen LogP contribution in [0.5, 0.6) is 11.5 Å². The predicted molar refractivity (Wildman–Crippen MR) is 122 cm³/mol. The van der Waals surface area contributed by atoms with Crippen LogP contribution in [0.1, 0.15) is 25.0 Å². The van der Waals surface area contributed by atoms with E-state index in [4.69, 9.17) is 23.8 Å². The number of amides is 2. The molecule has 0 spiro atoms. The average Bonchev–Trinajstić information content (AvgIpc) is 3.22. The number of methoxy groups -OCH3 is 2. The maximum atomic E-state index is 13.2. The second-order valence-electron chi connectivity index (χ2n) is 8.85. The van der Waals surface area contributed by atoms with Crippen LogP contribution in [0.2, 0.25) is 0 Å². The molecule has 3 atom stereocenters. The average molecular weight is 487 g/mol. The van der Waals surface area contributed by atoms with E-state index in [1.807, 2.05) is 18.2 Å². The summed E-state index contributed by atoms with van der Waals surface area (Å²) in [5.74, 6) is -2.18. The van der Waals surface area contributed by atoms with Gasteiger partial charge in [0.1, 0.15) is 30.1 Å². The molecule has 2 aromatic rings. The summed E-state index contributed by atoms with van der Waals surface area (Å²) in [6, 6.07) is 13.7. The summed E-state index contributed by atoms with van der Waals surface area (Å²) in [6.45, 7) is 3.88. The molecule has 0 unspecified atom stereocenters. The van der Waals surface area contributed by atoms with Crippen molar-refractivity contribution in [2.24, 2.45) is 5.92 Å². The Labute approximate surface area is 203 Å². The highest BCUT2D eigenvalue weighted by Gasteiger charge is 2.59. The predicted octanol–water partition coefficient (Wildman–Crippen LogP) is 2.53. The lowest BCUT2D eigenvalue weighted by Crippen LogP contribution is -2.69. The van der Waals surface area contributed by atoms with Crippen molar-refractivity contribution in [2.75, 3.05) is 20.8 Å². The zero-order chi connectivity index (χ0) is 25.2. The molecular formula is C25H30N2O8. The van der Waals surface area contributed by atoms with Crippen LogP contribution >= 0.6 is 0 Å². The van der Waals surface area contributed by atoms with Gasteiger partial charge < -0.3 is 23.8 Å². The van der Waals surface area contributed by atoms with Crippen molar-refractivity contribution in [3.8, 4) is 11.5 Å². The number of ether oxygens (including phenoxy) is 4. The van der Waals surface area contributed by atoms with Gasteiger partial charge in [0.2, 0.25) is 5.91 Å². The highest BCUT2D eigenvalue weighted by molar-refractivity contribution is 6.05. The molecule has 0 radical (unpaired) electrons.